The third-order valence-electron chi connectivity index (χ3n) is 12.1. The summed E-state index contributed by atoms with van der Waals surface area (Å²) in [7, 11) is -4.22. The largest absolute Gasteiger partial charge is 0.457 e. The summed E-state index contributed by atoms with van der Waals surface area (Å²) in [5.41, 5.74) is -1.73. The molecule has 0 spiro atoms. The molecule has 306 valence electrons. The molecular formula is C42H76O9Si2. The van der Waals surface area contributed by atoms with E-state index in [9.17, 15) is 19.8 Å². The van der Waals surface area contributed by atoms with E-state index in [0.717, 1.165) is 12.0 Å². The Labute approximate surface area is 324 Å². The van der Waals surface area contributed by atoms with Crippen molar-refractivity contribution in [2.24, 2.45) is 11.8 Å². The van der Waals surface area contributed by atoms with Crippen molar-refractivity contribution in [3.05, 3.63) is 36.0 Å². The molecule has 2 aliphatic heterocycles. The van der Waals surface area contributed by atoms with Crippen LogP contribution in [0.4, 0.5) is 0 Å². The molecule has 2 heterocycles. The molecule has 0 aliphatic carbocycles. The quantitative estimate of drug-likeness (QED) is 0.0619. The molecule has 0 amide bonds. The molecule has 11 heteroatoms. The van der Waals surface area contributed by atoms with Crippen molar-refractivity contribution >= 4 is 28.6 Å². The van der Waals surface area contributed by atoms with Crippen molar-refractivity contribution < 1.29 is 42.9 Å². The second-order valence-corrected chi connectivity index (χ2v) is 29.0. The lowest BCUT2D eigenvalue weighted by molar-refractivity contribution is -0.157. The van der Waals surface area contributed by atoms with Crippen LogP contribution in [0.3, 0.4) is 0 Å². The van der Waals surface area contributed by atoms with Crippen molar-refractivity contribution in [2.45, 2.75) is 206 Å². The average Bonchev–Trinajstić information content (AvgIpc) is 3.74. The number of epoxide rings is 1. The third kappa shape index (κ3) is 14.1. The van der Waals surface area contributed by atoms with Gasteiger partial charge in [-0.05, 0) is 87.9 Å². The maximum Gasteiger partial charge on any atom is 0.308 e. The van der Waals surface area contributed by atoms with E-state index in [0.29, 0.717) is 12.8 Å². The first-order chi connectivity index (χ1) is 23.9. The zero-order chi connectivity index (χ0) is 41.0. The first kappa shape index (κ1) is 47.5. The summed E-state index contributed by atoms with van der Waals surface area (Å²) in [6.07, 6.45) is 9.05. The van der Waals surface area contributed by atoms with Crippen molar-refractivity contribution in [1.82, 2.24) is 0 Å². The lowest BCUT2D eigenvalue weighted by Gasteiger charge is -2.40. The van der Waals surface area contributed by atoms with Gasteiger partial charge in [0, 0.05) is 31.3 Å². The number of carbonyl (C=O) groups excluding carboxylic acids is 2. The molecule has 53 heavy (non-hydrogen) atoms. The van der Waals surface area contributed by atoms with Gasteiger partial charge >= 0.3 is 11.9 Å². The van der Waals surface area contributed by atoms with Gasteiger partial charge in [-0.2, -0.15) is 0 Å². The Morgan fingerprint density at radius 3 is 2.17 bits per heavy atom. The Bertz CT molecular complexity index is 1320. The highest BCUT2D eigenvalue weighted by atomic mass is 28.4. The summed E-state index contributed by atoms with van der Waals surface area (Å²) in [5, 5.41) is 23.0. The van der Waals surface area contributed by atoms with Gasteiger partial charge in [-0.1, -0.05) is 86.6 Å². The number of allylic oxidation sites excluding steroid dienone is 2. The van der Waals surface area contributed by atoms with Gasteiger partial charge in [-0.15, -0.1) is 0 Å². The van der Waals surface area contributed by atoms with Gasteiger partial charge in [0.05, 0.1) is 30.3 Å². The molecular weight excluding hydrogens is 705 g/mol. The van der Waals surface area contributed by atoms with Gasteiger partial charge in [0.15, 0.2) is 16.6 Å². The van der Waals surface area contributed by atoms with Crippen LogP contribution in [-0.2, 0) is 32.7 Å². The molecule has 1 saturated heterocycles. The highest BCUT2D eigenvalue weighted by molar-refractivity contribution is 6.74. The van der Waals surface area contributed by atoms with E-state index >= 15 is 0 Å². The summed E-state index contributed by atoms with van der Waals surface area (Å²) < 4.78 is 31.3. The number of cyclic esters (lactones) is 1. The second kappa shape index (κ2) is 18.1. The van der Waals surface area contributed by atoms with Gasteiger partial charge < -0.3 is 33.3 Å². The van der Waals surface area contributed by atoms with Gasteiger partial charge in [0.25, 0.3) is 0 Å². The Balaban J connectivity index is 2.28. The van der Waals surface area contributed by atoms with Crippen LogP contribution in [0.5, 0.6) is 0 Å². The Hall–Kier alpha value is -1.61. The zero-order valence-electron chi connectivity index (χ0n) is 36.3. The number of hydrogen-bond donors (Lipinski definition) is 2. The van der Waals surface area contributed by atoms with Gasteiger partial charge in [-0.3, -0.25) is 9.59 Å². The summed E-state index contributed by atoms with van der Waals surface area (Å²) >= 11 is 0. The number of rotatable bonds is 13. The molecule has 0 saturated carbocycles. The van der Waals surface area contributed by atoms with E-state index < -0.39 is 52.1 Å². The minimum atomic E-state index is -2.28. The maximum absolute atomic E-state index is 13.6. The van der Waals surface area contributed by atoms with Crippen LogP contribution in [0.2, 0.25) is 36.3 Å². The molecule has 2 aliphatic rings. The van der Waals surface area contributed by atoms with Gasteiger partial charge in [0.1, 0.15) is 17.8 Å². The summed E-state index contributed by atoms with van der Waals surface area (Å²) in [6, 6.07) is 0. The minimum absolute atomic E-state index is 0.0335. The lowest BCUT2D eigenvalue weighted by atomic mass is 9.88. The van der Waals surface area contributed by atoms with E-state index in [4.69, 9.17) is 23.1 Å². The summed E-state index contributed by atoms with van der Waals surface area (Å²) in [4.78, 5) is 25.6. The Kier molecular flexibility index (Phi) is 16.2. The highest BCUT2D eigenvalue weighted by Gasteiger charge is 2.50. The van der Waals surface area contributed by atoms with Crippen molar-refractivity contribution in [3.63, 3.8) is 0 Å². The molecule has 9 nitrogen and oxygen atoms in total. The first-order valence-electron chi connectivity index (χ1n) is 19.8. The predicted octanol–water partition coefficient (Wildman–Crippen LogP) is 9.20. The molecule has 0 aromatic carbocycles. The van der Waals surface area contributed by atoms with E-state index in [-0.39, 0.29) is 59.0 Å². The van der Waals surface area contributed by atoms with Crippen LogP contribution < -0.4 is 0 Å². The molecule has 2 rings (SSSR count). The van der Waals surface area contributed by atoms with Gasteiger partial charge in [0.2, 0.25) is 0 Å². The van der Waals surface area contributed by atoms with Crippen LogP contribution in [0.1, 0.15) is 122 Å². The van der Waals surface area contributed by atoms with Crippen LogP contribution in [0.15, 0.2) is 36.0 Å². The molecule has 0 aromatic heterocycles. The minimum Gasteiger partial charge on any atom is -0.457 e. The number of carbonyl (C=O) groups is 2. The maximum atomic E-state index is 13.6. The predicted molar refractivity (Wildman–Crippen MR) is 219 cm³/mol. The number of hydrogen-bond acceptors (Lipinski definition) is 9. The van der Waals surface area contributed by atoms with Crippen LogP contribution in [0.25, 0.3) is 0 Å². The average molecular weight is 781 g/mol. The lowest BCUT2D eigenvalue weighted by Crippen LogP contribution is -2.46. The second-order valence-electron chi connectivity index (χ2n) is 19.4. The van der Waals surface area contributed by atoms with E-state index in [1.807, 2.05) is 32.1 Å². The Morgan fingerprint density at radius 2 is 1.64 bits per heavy atom. The van der Waals surface area contributed by atoms with Crippen molar-refractivity contribution in [3.8, 4) is 0 Å². The van der Waals surface area contributed by atoms with Crippen LogP contribution in [-0.4, -0.2) is 86.6 Å². The van der Waals surface area contributed by atoms with Crippen molar-refractivity contribution in [1.29, 1.82) is 0 Å². The Morgan fingerprint density at radius 1 is 1.06 bits per heavy atom. The molecule has 2 N–H and O–H groups in total. The van der Waals surface area contributed by atoms with Crippen LogP contribution in [0, 0.1) is 11.8 Å². The normalized spacial score (nSPS) is 30.8. The topological polar surface area (TPSA) is 124 Å². The molecule has 0 aromatic rings. The molecule has 0 bridgehead atoms. The smallest absolute Gasteiger partial charge is 0.308 e. The fourth-order valence-corrected chi connectivity index (χ4v) is 9.28. The fourth-order valence-electron chi connectivity index (χ4n) is 6.40. The zero-order valence-corrected chi connectivity index (χ0v) is 38.3. The first-order valence-corrected chi connectivity index (χ1v) is 25.6. The van der Waals surface area contributed by atoms with Crippen molar-refractivity contribution in [2.75, 3.05) is 0 Å². The highest BCUT2D eigenvalue weighted by Crippen LogP contribution is 2.43. The number of ether oxygens (including phenoxy) is 3. The molecule has 10 atom stereocenters. The molecule has 0 unspecified atom stereocenters. The number of esters is 2. The third-order valence-corrected chi connectivity index (χ3v) is 21.2. The van der Waals surface area contributed by atoms with Gasteiger partial charge in [-0.25, -0.2) is 0 Å². The molecule has 0 radical (unpaired) electrons. The van der Waals surface area contributed by atoms with E-state index in [1.165, 1.54) is 6.92 Å². The molecule has 1 fully saturated rings. The summed E-state index contributed by atoms with van der Waals surface area (Å²) in [6.45, 7) is 35.0. The number of aliphatic hydroxyl groups is 2. The fraction of sp³-hybridized carbons (Fsp3) is 0.810. The van der Waals surface area contributed by atoms with E-state index in [2.05, 4.69) is 81.6 Å². The standard InChI is InChI=1S/C42H76O9Si2/c1-18-33(51-53(16,17)40(9,10)11)30(4)38-34(48-38)27-41(12,45)24-19-20-28(2)37-29(3)21-22-35(47-31(5)43)42(13,46)25-23-32(26-36(44)49-37)50-52(14,15)39(6,7)8/h19-22,24,29-30,32-35,37-38,45-46H,18,23,25-27H2,1-17H3/t29-,30+,32+,33-,34+,35-,37+,38+,41-,42+/m0/s1. The SMILES string of the molecule is CC[C@H](O[Si](C)(C)C(C)(C)C)[C@@H](C)[C@H]1O[C@@H]1C[C@@](C)(O)C=CC=C(C)[C@H]1OC(=O)C[C@H](O[Si](C)(C)C(C)(C)C)CC[C@@](C)(O)[C@@H](OC(C)=O)C=C[C@@H]1C. The van der Waals surface area contributed by atoms with Crippen LogP contribution >= 0.6 is 0 Å². The van der Waals surface area contributed by atoms with E-state index in [1.54, 1.807) is 26.0 Å². The monoisotopic (exact) mass is 781 g/mol. The summed E-state index contributed by atoms with van der Waals surface area (Å²) in [5.74, 6) is -0.984.